The van der Waals surface area contributed by atoms with Crippen molar-refractivity contribution in [2.45, 2.75) is 19.4 Å². The molecule has 4 heteroatoms. The monoisotopic (exact) mass is 343 g/mol. The molecule has 1 aliphatic rings. The average molecular weight is 343 g/mol. The van der Waals surface area contributed by atoms with E-state index in [2.05, 4.69) is 11.4 Å². The van der Waals surface area contributed by atoms with Gasteiger partial charge in [0.25, 0.3) is 5.56 Å². The molecule has 4 rings (SSSR count). The van der Waals surface area contributed by atoms with Crippen LogP contribution in [0.5, 0.6) is 0 Å². The van der Waals surface area contributed by atoms with Gasteiger partial charge in [-0.2, -0.15) is 5.26 Å². The fourth-order valence-corrected chi connectivity index (χ4v) is 3.93. The molecule has 1 saturated heterocycles. The number of hydrogen-bond donors (Lipinski definition) is 1. The molecule has 0 spiro atoms. The number of para-hydroxylation sites is 1. The predicted octanol–water partition coefficient (Wildman–Crippen LogP) is 3.54. The molecule has 130 valence electrons. The Bertz CT molecular complexity index is 1020. The van der Waals surface area contributed by atoms with E-state index in [0.717, 1.165) is 48.0 Å². The molecule has 1 unspecified atom stereocenters. The third-order valence-corrected chi connectivity index (χ3v) is 5.19. The van der Waals surface area contributed by atoms with E-state index >= 15 is 0 Å². The van der Waals surface area contributed by atoms with Crippen LogP contribution in [0.2, 0.25) is 0 Å². The second-order valence-electron chi connectivity index (χ2n) is 6.87. The van der Waals surface area contributed by atoms with Crippen molar-refractivity contribution in [1.82, 2.24) is 9.88 Å². The van der Waals surface area contributed by atoms with Gasteiger partial charge < -0.3 is 9.88 Å². The zero-order chi connectivity index (χ0) is 17.9. The number of benzene rings is 2. The van der Waals surface area contributed by atoms with Crippen LogP contribution in [-0.4, -0.2) is 17.7 Å². The van der Waals surface area contributed by atoms with Crippen molar-refractivity contribution in [3.63, 3.8) is 0 Å². The molecule has 0 amide bonds. The van der Waals surface area contributed by atoms with Crippen LogP contribution in [0, 0.1) is 17.2 Å². The van der Waals surface area contributed by atoms with Crippen LogP contribution in [0.3, 0.4) is 0 Å². The van der Waals surface area contributed by atoms with Crippen LogP contribution in [-0.2, 0) is 6.54 Å². The van der Waals surface area contributed by atoms with Gasteiger partial charge in [0.2, 0.25) is 0 Å². The van der Waals surface area contributed by atoms with Gasteiger partial charge in [0, 0.05) is 17.5 Å². The minimum atomic E-state index is -0.185. The summed E-state index contributed by atoms with van der Waals surface area (Å²) in [7, 11) is 0. The van der Waals surface area contributed by atoms with Crippen LogP contribution in [0.25, 0.3) is 22.0 Å². The molecule has 2 heterocycles. The minimum absolute atomic E-state index is 0.185. The number of nitrogens with zero attached hydrogens (tertiary/aromatic N) is 2. The Kier molecular flexibility index (Phi) is 4.55. The van der Waals surface area contributed by atoms with Crippen molar-refractivity contribution >= 4 is 10.9 Å². The van der Waals surface area contributed by atoms with Crippen LogP contribution in [0.1, 0.15) is 18.4 Å². The molecule has 1 aliphatic heterocycles. The Balaban J connectivity index is 1.96. The maximum atomic E-state index is 13.2. The van der Waals surface area contributed by atoms with Gasteiger partial charge in [-0.25, -0.2) is 0 Å². The predicted molar refractivity (Wildman–Crippen MR) is 104 cm³/mol. The van der Waals surface area contributed by atoms with E-state index in [4.69, 9.17) is 0 Å². The number of rotatable bonds is 3. The van der Waals surface area contributed by atoms with Crippen LogP contribution in [0.4, 0.5) is 0 Å². The molecule has 0 bridgehead atoms. The first-order valence-electron chi connectivity index (χ1n) is 9.11. The van der Waals surface area contributed by atoms with Gasteiger partial charge in [0.15, 0.2) is 0 Å². The zero-order valence-electron chi connectivity index (χ0n) is 14.6. The summed E-state index contributed by atoms with van der Waals surface area (Å²) in [5.41, 5.74) is 2.60. The SMILES string of the molecule is N#Cc1c(-c2ccccc2)c2ccccc2n(CC2CCCNC2)c1=O. The largest absolute Gasteiger partial charge is 0.316 e. The van der Waals surface area contributed by atoms with Gasteiger partial charge in [0.05, 0.1) is 5.52 Å². The molecule has 4 nitrogen and oxygen atoms in total. The summed E-state index contributed by atoms with van der Waals surface area (Å²) in [5, 5.41) is 14.1. The van der Waals surface area contributed by atoms with E-state index in [1.807, 2.05) is 54.6 Å². The summed E-state index contributed by atoms with van der Waals surface area (Å²) in [5.74, 6) is 0.416. The number of fused-ring (bicyclic) bond motifs is 1. The highest BCUT2D eigenvalue weighted by Gasteiger charge is 2.21. The third kappa shape index (κ3) is 2.91. The van der Waals surface area contributed by atoms with E-state index in [1.54, 1.807) is 4.57 Å². The van der Waals surface area contributed by atoms with E-state index < -0.39 is 0 Å². The lowest BCUT2D eigenvalue weighted by molar-refractivity contribution is 0.337. The van der Waals surface area contributed by atoms with Gasteiger partial charge in [-0.1, -0.05) is 48.5 Å². The summed E-state index contributed by atoms with van der Waals surface area (Å²) in [6.07, 6.45) is 2.24. The molecule has 1 atom stereocenters. The molecule has 0 saturated carbocycles. The second kappa shape index (κ2) is 7.15. The normalized spacial score (nSPS) is 17.1. The maximum Gasteiger partial charge on any atom is 0.269 e. The lowest BCUT2D eigenvalue weighted by Gasteiger charge is -2.25. The Morgan fingerprint density at radius 2 is 1.88 bits per heavy atom. The first kappa shape index (κ1) is 16.6. The lowest BCUT2D eigenvalue weighted by atomic mass is 9.95. The number of pyridine rings is 1. The van der Waals surface area contributed by atoms with Crippen LogP contribution < -0.4 is 10.9 Å². The Hall–Kier alpha value is -2.90. The smallest absolute Gasteiger partial charge is 0.269 e. The number of aromatic nitrogens is 1. The molecule has 0 radical (unpaired) electrons. The fraction of sp³-hybridized carbons (Fsp3) is 0.273. The van der Waals surface area contributed by atoms with E-state index in [-0.39, 0.29) is 11.1 Å². The quantitative estimate of drug-likeness (QED) is 0.791. The number of piperidine rings is 1. The summed E-state index contributed by atoms with van der Waals surface area (Å²) < 4.78 is 1.80. The standard InChI is InChI=1S/C22H21N3O/c23-13-19-21(17-8-2-1-3-9-17)18-10-4-5-11-20(18)25(22(19)26)15-16-7-6-12-24-14-16/h1-5,8-11,16,24H,6-7,12,14-15H2. The van der Waals surface area contributed by atoms with Gasteiger partial charge in [0.1, 0.15) is 11.6 Å². The molecule has 0 aliphatic carbocycles. The van der Waals surface area contributed by atoms with Gasteiger partial charge >= 0.3 is 0 Å². The Morgan fingerprint density at radius 1 is 1.12 bits per heavy atom. The Morgan fingerprint density at radius 3 is 2.62 bits per heavy atom. The number of nitriles is 1. The van der Waals surface area contributed by atoms with Gasteiger partial charge in [-0.05, 0) is 43.5 Å². The van der Waals surface area contributed by atoms with E-state index in [1.165, 1.54) is 0 Å². The molecule has 1 aromatic heterocycles. The van der Waals surface area contributed by atoms with Crippen molar-refractivity contribution in [3.8, 4) is 17.2 Å². The molecule has 1 fully saturated rings. The fourth-order valence-electron chi connectivity index (χ4n) is 3.93. The van der Waals surface area contributed by atoms with Crippen LogP contribution in [0.15, 0.2) is 59.4 Å². The highest BCUT2D eigenvalue weighted by Crippen LogP contribution is 2.30. The van der Waals surface area contributed by atoms with Crippen molar-refractivity contribution in [2.75, 3.05) is 13.1 Å². The topological polar surface area (TPSA) is 57.8 Å². The summed E-state index contributed by atoms with van der Waals surface area (Å²) in [6.45, 7) is 2.61. The second-order valence-corrected chi connectivity index (χ2v) is 6.87. The summed E-state index contributed by atoms with van der Waals surface area (Å²) in [4.78, 5) is 13.2. The highest BCUT2D eigenvalue weighted by molar-refractivity contribution is 5.97. The maximum absolute atomic E-state index is 13.2. The molecular formula is C22H21N3O. The molecule has 2 aromatic carbocycles. The van der Waals surface area contributed by atoms with Gasteiger partial charge in [-0.3, -0.25) is 4.79 Å². The summed E-state index contributed by atoms with van der Waals surface area (Å²) in [6, 6.07) is 19.8. The van der Waals surface area contributed by atoms with Crippen molar-refractivity contribution < 1.29 is 0 Å². The molecular weight excluding hydrogens is 322 g/mol. The zero-order valence-corrected chi connectivity index (χ0v) is 14.6. The first-order chi connectivity index (χ1) is 12.8. The van der Waals surface area contributed by atoms with E-state index in [9.17, 15) is 10.1 Å². The Labute approximate surface area is 152 Å². The number of nitrogens with one attached hydrogen (secondary N) is 1. The van der Waals surface area contributed by atoms with Crippen molar-refractivity contribution in [1.29, 1.82) is 5.26 Å². The molecule has 26 heavy (non-hydrogen) atoms. The summed E-state index contributed by atoms with van der Waals surface area (Å²) >= 11 is 0. The number of hydrogen-bond acceptors (Lipinski definition) is 3. The van der Waals surface area contributed by atoms with Crippen LogP contribution >= 0.6 is 0 Å². The highest BCUT2D eigenvalue weighted by atomic mass is 16.1. The molecule has 3 aromatic rings. The lowest BCUT2D eigenvalue weighted by Crippen LogP contribution is -2.35. The third-order valence-electron chi connectivity index (χ3n) is 5.19. The van der Waals surface area contributed by atoms with Crippen molar-refractivity contribution in [3.05, 3.63) is 70.5 Å². The average Bonchev–Trinajstić information content (AvgIpc) is 2.71. The van der Waals surface area contributed by atoms with E-state index in [0.29, 0.717) is 12.5 Å². The van der Waals surface area contributed by atoms with Crippen molar-refractivity contribution in [2.24, 2.45) is 5.92 Å². The first-order valence-corrected chi connectivity index (χ1v) is 9.11. The van der Waals surface area contributed by atoms with Gasteiger partial charge in [-0.15, -0.1) is 0 Å². The molecule has 1 N–H and O–H groups in total. The minimum Gasteiger partial charge on any atom is -0.316 e.